The van der Waals surface area contributed by atoms with Crippen molar-refractivity contribution in [2.45, 2.75) is 58.6 Å². The highest BCUT2D eigenvalue weighted by Crippen LogP contribution is 2.30. The van der Waals surface area contributed by atoms with Crippen molar-refractivity contribution in [1.29, 1.82) is 0 Å². The lowest BCUT2D eigenvalue weighted by molar-refractivity contribution is -0.143. The Kier molecular flexibility index (Phi) is 6.63. The monoisotopic (exact) mass is 457 g/mol. The fraction of sp³-hybridized carbons (Fsp3) is 0.524. The number of nitrogens with zero attached hydrogens (tertiary/aromatic N) is 6. The molecule has 32 heavy (non-hydrogen) atoms. The van der Waals surface area contributed by atoms with Gasteiger partial charge >= 0.3 is 5.97 Å². The van der Waals surface area contributed by atoms with E-state index in [4.69, 9.17) is 9.72 Å². The van der Waals surface area contributed by atoms with Gasteiger partial charge in [0.2, 0.25) is 5.13 Å². The minimum Gasteiger partial charge on any atom is -0.489 e. The van der Waals surface area contributed by atoms with E-state index in [0.29, 0.717) is 36.5 Å². The van der Waals surface area contributed by atoms with Crippen molar-refractivity contribution >= 4 is 22.6 Å². The lowest BCUT2D eigenvalue weighted by Gasteiger charge is -2.27. The maximum absolute atomic E-state index is 11.3. The molecule has 0 spiro atoms. The Morgan fingerprint density at radius 2 is 2.19 bits per heavy atom. The van der Waals surface area contributed by atoms with Gasteiger partial charge in [0, 0.05) is 25.0 Å². The average molecular weight is 458 g/mol. The van der Waals surface area contributed by atoms with Crippen molar-refractivity contribution in [3.8, 4) is 17.1 Å². The number of nitrogens with one attached hydrogen (secondary N) is 1. The predicted octanol–water partition coefficient (Wildman–Crippen LogP) is 3.23. The first-order valence-electron chi connectivity index (χ1n) is 10.8. The first-order valence-corrected chi connectivity index (χ1v) is 11.5. The molecule has 11 heteroatoms. The summed E-state index contributed by atoms with van der Waals surface area (Å²) in [6, 6.07) is 3.75. The molecule has 170 valence electrons. The van der Waals surface area contributed by atoms with Crippen molar-refractivity contribution in [3.63, 3.8) is 0 Å². The number of aryl methyl sites for hydroxylation is 3. The number of aromatic nitrogens is 6. The molecule has 1 saturated carbocycles. The van der Waals surface area contributed by atoms with Crippen LogP contribution in [-0.2, 0) is 24.8 Å². The van der Waals surface area contributed by atoms with Crippen molar-refractivity contribution in [2.75, 3.05) is 5.32 Å². The largest absolute Gasteiger partial charge is 0.489 e. The van der Waals surface area contributed by atoms with E-state index in [1.165, 1.54) is 11.5 Å². The molecule has 3 heterocycles. The van der Waals surface area contributed by atoms with Crippen LogP contribution in [-0.4, -0.2) is 46.5 Å². The third-order valence-corrected chi connectivity index (χ3v) is 6.39. The van der Waals surface area contributed by atoms with Crippen LogP contribution in [0.2, 0.25) is 0 Å². The molecule has 0 bridgehead atoms. The molecular formula is C21H27N7O3S. The molecule has 2 atom stereocenters. The van der Waals surface area contributed by atoms with Crippen LogP contribution in [0.5, 0.6) is 5.75 Å². The second-order valence-corrected chi connectivity index (χ2v) is 8.70. The van der Waals surface area contributed by atoms with Gasteiger partial charge in [-0.2, -0.15) is 4.37 Å². The van der Waals surface area contributed by atoms with Crippen LogP contribution < -0.4 is 10.1 Å². The molecule has 0 amide bonds. The normalized spacial score (nSPS) is 18.5. The van der Waals surface area contributed by atoms with Gasteiger partial charge in [0.05, 0.1) is 35.6 Å². The Bertz CT molecular complexity index is 1100. The van der Waals surface area contributed by atoms with Gasteiger partial charge in [-0.25, -0.2) is 14.6 Å². The molecule has 0 unspecified atom stereocenters. The zero-order valence-electron chi connectivity index (χ0n) is 18.4. The van der Waals surface area contributed by atoms with Crippen LogP contribution in [0.3, 0.4) is 0 Å². The smallest absolute Gasteiger partial charge is 0.306 e. The van der Waals surface area contributed by atoms with E-state index >= 15 is 0 Å². The SMILES string of the molecule is CCc1nsc(NCc2c(-c3ccc(O[C@H]4CCC[C@H](C(=O)O)C4)c(C)n3)nnn2C)n1. The quantitative estimate of drug-likeness (QED) is 0.524. The van der Waals surface area contributed by atoms with Crippen molar-refractivity contribution in [3.05, 3.63) is 29.3 Å². The summed E-state index contributed by atoms with van der Waals surface area (Å²) in [6.07, 6.45) is 3.65. The highest BCUT2D eigenvalue weighted by Gasteiger charge is 2.28. The Morgan fingerprint density at radius 1 is 1.34 bits per heavy atom. The molecule has 2 N–H and O–H groups in total. The van der Waals surface area contributed by atoms with Gasteiger partial charge in [-0.05, 0) is 44.7 Å². The van der Waals surface area contributed by atoms with Crippen molar-refractivity contribution in [1.82, 2.24) is 29.3 Å². The Morgan fingerprint density at radius 3 is 2.91 bits per heavy atom. The Labute approximate surface area is 190 Å². The van der Waals surface area contributed by atoms with E-state index in [-0.39, 0.29) is 12.0 Å². The molecule has 0 aromatic carbocycles. The average Bonchev–Trinajstić information content (AvgIpc) is 3.40. The molecule has 1 aliphatic rings. The Hall–Kier alpha value is -3.08. The van der Waals surface area contributed by atoms with E-state index in [9.17, 15) is 9.90 Å². The predicted molar refractivity (Wildman–Crippen MR) is 120 cm³/mol. The fourth-order valence-corrected chi connectivity index (χ4v) is 4.51. The zero-order valence-corrected chi connectivity index (χ0v) is 19.2. The number of pyridine rings is 1. The van der Waals surface area contributed by atoms with Gasteiger partial charge in [0.25, 0.3) is 0 Å². The number of rotatable bonds is 8. The van der Waals surface area contributed by atoms with Gasteiger partial charge in [0.1, 0.15) is 17.3 Å². The minimum absolute atomic E-state index is 0.104. The standard InChI is InChI=1S/C21H27N7O3S/c1-4-18-24-21(32-26-18)22-11-16-19(25-27-28(16)3)15-8-9-17(12(2)23-15)31-14-7-5-6-13(10-14)20(29)30/h8-9,13-14H,4-7,10-11H2,1-3H3,(H,29,30)(H,22,24,26)/t13-,14-/m0/s1. The maximum atomic E-state index is 11.3. The molecule has 1 aliphatic carbocycles. The summed E-state index contributed by atoms with van der Waals surface area (Å²) in [6.45, 7) is 4.40. The Balaban J connectivity index is 1.47. The molecule has 4 rings (SSSR count). The zero-order chi connectivity index (χ0) is 22.7. The molecule has 1 fully saturated rings. The van der Waals surface area contributed by atoms with Crippen LogP contribution in [0.4, 0.5) is 5.13 Å². The van der Waals surface area contributed by atoms with Gasteiger partial charge in [-0.1, -0.05) is 12.1 Å². The van der Waals surface area contributed by atoms with Crippen LogP contribution in [0, 0.1) is 12.8 Å². The van der Waals surface area contributed by atoms with E-state index in [0.717, 1.165) is 41.6 Å². The first-order chi connectivity index (χ1) is 15.4. The highest BCUT2D eigenvalue weighted by atomic mass is 32.1. The lowest BCUT2D eigenvalue weighted by Crippen LogP contribution is -2.29. The number of hydrogen-bond donors (Lipinski definition) is 2. The maximum Gasteiger partial charge on any atom is 0.306 e. The van der Waals surface area contributed by atoms with Gasteiger partial charge in [-0.15, -0.1) is 5.10 Å². The number of carboxylic acids is 1. The van der Waals surface area contributed by atoms with Gasteiger partial charge < -0.3 is 15.2 Å². The van der Waals surface area contributed by atoms with Gasteiger partial charge in [0.15, 0.2) is 0 Å². The van der Waals surface area contributed by atoms with E-state index < -0.39 is 5.97 Å². The summed E-state index contributed by atoms with van der Waals surface area (Å²) in [7, 11) is 1.84. The molecule has 3 aromatic rings. The molecule has 0 aliphatic heterocycles. The fourth-order valence-electron chi connectivity index (χ4n) is 3.86. The van der Waals surface area contributed by atoms with E-state index in [2.05, 4.69) is 25.0 Å². The van der Waals surface area contributed by atoms with Crippen LogP contribution in [0.15, 0.2) is 12.1 Å². The summed E-state index contributed by atoms with van der Waals surface area (Å²) >= 11 is 1.34. The second kappa shape index (κ2) is 9.60. The number of carbonyl (C=O) groups is 1. The summed E-state index contributed by atoms with van der Waals surface area (Å²) in [5.41, 5.74) is 3.02. The molecule has 10 nitrogen and oxygen atoms in total. The van der Waals surface area contributed by atoms with Crippen molar-refractivity contribution in [2.24, 2.45) is 13.0 Å². The molecule has 0 saturated heterocycles. The summed E-state index contributed by atoms with van der Waals surface area (Å²) in [5, 5.41) is 21.8. The topological polar surface area (TPSA) is 128 Å². The van der Waals surface area contributed by atoms with Crippen LogP contribution >= 0.6 is 11.5 Å². The number of hydrogen-bond acceptors (Lipinski definition) is 9. The number of ether oxygens (including phenoxy) is 1. The highest BCUT2D eigenvalue weighted by molar-refractivity contribution is 7.09. The number of anilines is 1. The molecule has 3 aromatic heterocycles. The number of aliphatic carboxylic acids is 1. The molecular weight excluding hydrogens is 430 g/mol. The summed E-state index contributed by atoms with van der Waals surface area (Å²) in [5.74, 6) is 0.416. The lowest BCUT2D eigenvalue weighted by atomic mass is 9.87. The molecule has 0 radical (unpaired) electrons. The minimum atomic E-state index is -0.744. The summed E-state index contributed by atoms with van der Waals surface area (Å²) < 4.78 is 12.1. The third-order valence-electron chi connectivity index (χ3n) is 5.68. The summed E-state index contributed by atoms with van der Waals surface area (Å²) in [4.78, 5) is 20.5. The number of carboxylic acid groups (broad SMARTS) is 1. The van der Waals surface area contributed by atoms with Crippen molar-refractivity contribution < 1.29 is 14.6 Å². The van der Waals surface area contributed by atoms with E-state index in [1.54, 1.807) is 4.68 Å². The first kappa shape index (κ1) is 22.1. The van der Waals surface area contributed by atoms with Crippen LogP contribution in [0.25, 0.3) is 11.4 Å². The van der Waals surface area contributed by atoms with E-state index in [1.807, 2.05) is 33.0 Å². The van der Waals surface area contributed by atoms with Gasteiger partial charge in [-0.3, -0.25) is 4.79 Å². The second-order valence-electron chi connectivity index (χ2n) is 7.95. The third kappa shape index (κ3) is 4.87. The van der Waals surface area contributed by atoms with Crippen LogP contribution in [0.1, 0.15) is 49.8 Å².